The van der Waals surface area contributed by atoms with Crippen molar-refractivity contribution in [2.45, 2.75) is 38.2 Å². The first kappa shape index (κ1) is 28.9. The van der Waals surface area contributed by atoms with Crippen LogP contribution in [-0.4, -0.2) is 59.4 Å². The lowest BCUT2D eigenvalue weighted by Crippen LogP contribution is -2.42. The zero-order valence-corrected chi connectivity index (χ0v) is 22.2. The van der Waals surface area contributed by atoms with Crippen LogP contribution < -0.4 is 9.47 Å². The number of carboxylic acid groups (broad SMARTS) is 1. The average molecular weight is 567 g/mol. The third-order valence-corrected chi connectivity index (χ3v) is 7.71. The summed E-state index contributed by atoms with van der Waals surface area (Å²) < 4.78 is 51.2. The van der Waals surface area contributed by atoms with Crippen LogP contribution in [0.2, 0.25) is 5.02 Å². The summed E-state index contributed by atoms with van der Waals surface area (Å²) in [6, 6.07) is 6.44. The Bertz CT molecular complexity index is 1310. The molecule has 210 valence electrons. The standard InChI is InChI=1S/C28H30ClF3N2O5/c1-38-18-2-3-23-19(14-18)26(20(29)16-33-23)24(35)4-5-28(15-25(36)37)6-8-34(9-7-28)10-11-39-27-21(31)12-17(30)13-22(27)32/h2-3,12-14,16,24,35H,4-11,15H2,1H3,(H,36,37)/t24-/m1/s1. The van der Waals surface area contributed by atoms with Crippen molar-refractivity contribution >= 4 is 28.5 Å². The van der Waals surface area contributed by atoms with Crippen LogP contribution in [0, 0.1) is 22.9 Å². The molecule has 0 unspecified atom stereocenters. The monoisotopic (exact) mass is 566 g/mol. The Morgan fingerprint density at radius 2 is 1.87 bits per heavy atom. The number of halogens is 4. The summed E-state index contributed by atoms with van der Waals surface area (Å²) in [5.41, 5.74) is 0.651. The van der Waals surface area contributed by atoms with Crippen LogP contribution in [0.5, 0.6) is 11.5 Å². The van der Waals surface area contributed by atoms with Gasteiger partial charge in [-0.05, 0) is 62.4 Å². The molecule has 2 heterocycles. The smallest absolute Gasteiger partial charge is 0.303 e. The minimum Gasteiger partial charge on any atom is -0.497 e. The van der Waals surface area contributed by atoms with Crippen molar-refractivity contribution in [3.05, 3.63) is 64.6 Å². The number of rotatable bonds is 11. The van der Waals surface area contributed by atoms with Gasteiger partial charge in [-0.3, -0.25) is 14.7 Å². The zero-order valence-electron chi connectivity index (χ0n) is 21.4. The van der Waals surface area contributed by atoms with Gasteiger partial charge in [0, 0.05) is 35.8 Å². The highest BCUT2D eigenvalue weighted by molar-refractivity contribution is 6.32. The number of piperidine rings is 1. The average Bonchev–Trinajstić information content (AvgIpc) is 2.89. The molecule has 3 aromatic rings. The van der Waals surface area contributed by atoms with Crippen LogP contribution in [0.4, 0.5) is 13.2 Å². The van der Waals surface area contributed by atoms with Gasteiger partial charge >= 0.3 is 5.97 Å². The van der Waals surface area contributed by atoms with Crippen LogP contribution in [0.15, 0.2) is 36.5 Å². The Labute approximate surface area is 229 Å². The highest BCUT2D eigenvalue weighted by Crippen LogP contribution is 2.43. The number of aliphatic carboxylic acids is 1. The van der Waals surface area contributed by atoms with E-state index in [0.29, 0.717) is 84.7 Å². The maximum Gasteiger partial charge on any atom is 0.303 e. The molecule has 2 N–H and O–H groups in total. The van der Waals surface area contributed by atoms with E-state index in [1.807, 2.05) is 4.90 Å². The molecule has 1 aliphatic heterocycles. The minimum atomic E-state index is -1.11. The number of fused-ring (bicyclic) bond motifs is 1. The van der Waals surface area contributed by atoms with Crippen molar-refractivity contribution < 1.29 is 37.7 Å². The number of carboxylic acids is 1. The highest BCUT2D eigenvalue weighted by Gasteiger charge is 2.37. The molecule has 0 aliphatic carbocycles. The molecular formula is C28H30ClF3N2O5. The summed E-state index contributed by atoms with van der Waals surface area (Å²) in [4.78, 5) is 18.1. The fourth-order valence-electron chi connectivity index (χ4n) is 5.25. The lowest BCUT2D eigenvalue weighted by Gasteiger charge is -2.41. The van der Waals surface area contributed by atoms with Crippen LogP contribution in [0.25, 0.3) is 10.9 Å². The number of nitrogens with zero attached hydrogens (tertiary/aromatic N) is 2. The molecular weight excluding hydrogens is 537 g/mol. The Morgan fingerprint density at radius 3 is 2.51 bits per heavy atom. The predicted molar refractivity (Wildman–Crippen MR) is 140 cm³/mol. The lowest BCUT2D eigenvalue weighted by molar-refractivity contribution is -0.141. The van der Waals surface area contributed by atoms with Gasteiger partial charge in [-0.25, -0.2) is 13.2 Å². The van der Waals surface area contributed by atoms with E-state index >= 15 is 0 Å². The number of carbonyl (C=O) groups is 1. The van der Waals surface area contributed by atoms with E-state index in [9.17, 15) is 28.2 Å². The summed E-state index contributed by atoms with van der Waals surface area (Å²) >= 11 is 6.43. The van der Waals surface area contributed by atoms with Gasteiger partial charge in [0.1, 0.15) is 18.2 Å². The molecule has 1 aromatic heterocycles. The highest BCUT2D eigenvalue weighted by atomic mass is 35.5. The van der Waals surface area contributed by atoms with Crippen molar-refractivity contribution in [3.63, 3.8) is 0 Å². The number of aliphatic hydroxyl groups is 1. The molecule has 1 saturated heterocycles. The molecule has 1 fully saturated rings. The molecule has 0 spiro atoms. The van der Waals surface area contributed by atoms with Crippen LogP contribution in [0.3, 0.4) is 0 Å². The Balaban J connectivity index is 1.39. The van der Waals surface area contributed by atoms with E-state index in [0.717, 1.165) is 0 Å². The summed E-state index contributed by atoms with van der Waals surface area (Å²) in [5.74, 6) is -4.17. The molecule has 0 amide bonds. The lowest BCUT2D eigenvalue weighted by atomic mass is 9.71. The van der Waals surface area contributed by atoms with Crippen molar-refractivity contribution in [1.29, 1.82) is 0 Å². The number of ether oxygens (including phenoxy) is 2. The van der Waals surface area contributed by atoms with Crippen molar-refractivity contribution in [2.24, 2.45) is 5.41 Å². The number of hydrogen-bond donors (Lipinski definition) is 2. The van der Waals surface area contributed by atoms with Gasteiger partial charge in [-0.2, -0.15) is 0 Å². The molecule has 39 heavy (non-hydrogen) atoms. The normalized spacial score (nSPS) is 16.3. The van der Waals surface area contributed by atoms with Gasteiger partial charge < -0.3 is 19.7 Å². The SMILES string of the molecule is COc1ccc2ncc(Cl)c([C@H](O)CCC3(CC(=O)O)CCN(CCOc4c(F)cc(F)cc4F)CC3)c2c1. The summed E-state index contributed by atoms with van der Waals surface area (Å²) in [5, 5.41) is 21.8. The number of aromatic nitrogens is 1. The number of hydrogen-bond acceptors (Lipinski definition) is 6. The summed E-state index contributed by atoms with van der Waals surface area (Å²) in [7, 11) is 1.54. The fourth-order valence-corrected chi connectivity index (χ4v) is 5.53. The predicted octanol–water partition coefficient (Wildman–Crippen LogP) is 5.76. The second-order valence-corrected chi connectivity index (χ2v) is 10.3. The van der Waals surface area contributed by atoms with E-state index < -0.39 is 40.7 Å². The first-order chi connectivity index (χ1) is 18.6. The molecule has 11 heteroatoms. The van der Waals surface area contributed by atoms with Crippen molar-refractivity contribution in [2.75, 3.05) is 33.4 Å². The van der Waals surface area contributed by atoms with Crippen LogP contribution in [-0.2, 0) is 4.79 Å². The molecule has 0 saturated carbocycles. The van der Waals surface area contributed by atoms with Gasteiger partial charge in [0.2, 0.25) is 0 Å². The van der Waals surface area contributed by atoms with Crippen molar-refractivity contribution in [1.82, 2.24) is 9.88 Å². The Morgan fingerprint density at radius 1 is 1.18 bits per heavy atom. The van der Waals surface area contributed by atoms with Crippen LogP contribution in [0.1, 0.15) is 43.8 Å². The van der Waals surface area contributed by atoms with E-state index in [1.54, 1.807) is 25.3 Å². The quantitative estimate of drug-likeness (QED) is 0.305. The largest absolute Gasteiger partial charge is 0.497 e. The summed E-state index contributed by atoms with van der Waals surface area (Å²) in [6.07, 6.45) is 2.39. The van der Waals surface area contributed by atoms with E-state index in [1.165, 1.54) is 6.20 Å². The van der Waals surface area contributed by atoms with Crippen LogP contribution >= 0.6 is 11.6 Å². The molecule has 1 atom stereocenters. The second-order valence-electron chi connectivity index (χ2n) is 9.92. The maximum absolute atomic E-state index is 13.8. The molecule has 0 bridgehead atoms. The zero-order chi connectivity index (χ0) is 28.2. The van der Waals surface area contributed by atoms with Gasteiger partial charge in [-0.1, -0.05) is 11.6 Å². The number of pyridine rings is 1. The topological polar surface area (TPSA) is 92.1 Å². The van der Waals surface area contributed by atoms with Crippen molar-refractivity contribution in [3.8, 4) is 11.5 Å². The number of likely N-dealkylation sites (tertiary alicyclic amines) is 1. The van der Waals surface area contributed by atoms with Gasteiger partial charge in [-0.15, -0.1) is 0 Å². The maximum atomic E-state index is 13.8. The Kier molecular flexibility index (Phi) is 9.19. The first-order valence-corrected chi connectivity index (χ1v) is 13.0. The third kappa shape index (κ3) is 6.93. The number of benzene rings is 2. The van der Waals surface area contributed by atoms with E-state index in [4.69, 9.17) is 21.1 Å². The molecule has 7 nitrogen and oxygen atoms in total. The molecule has 4 rings (SSSR count). The molecule has 2 aromatic carbocycles. The minimum absolute atomic E-state index is 0.0127. The Hall–Kier alpha value is -3.08. The number of methoxy groups -OCH3 is 1. The van der Waals surface area contributed by atoms with Gasteiger partial charge in [0.15, 0.2) is 17.4 Å². The number of aliphatic hydroxyl groups excluding tert-OH is 1. The fraction of sp³-hybridized carbons (Fsp3) is 0.429. The summed E-state index contributed by atoms with van der Waals surface area (Å²) in [6.45, 7) is 1.46. The van der Waals surface area contributed by atoms with Gasteiger partial charge in [0.25, 0.3) is 0 Å². The van der Waals surface area contributed by atoms with E-state index in [2.05, 4.69) is 4.98 Å². The molecule has 1 aliphatic rings. The van der Waals surface area contributed by atoms with Gasteiger partial charge in [0.05, 0.1) is 30.2 Å². The molecule has 0 radical (unpaired) electrons. The van der Waals surface area contributed by atoms with E-state index in [-0.39, 0.29) is 13.0 Å². The third-order valence-electron chi connectivity index (χ3n) is 7.41. The second kappa shape index (κ2) is 12.4. The first-order valence-electron chi connectivity index (χ1n) is 12.6.